The van der Waals surface area contributed by atoms with Crippen LogP contribution in [0.1, 0.15) is 21.5 Å². The smallest absolute Gasteiger partial charge is 0.261 e. The number of H-pyrrole nitrogens is 1. The lowest BCUT2D eigenvalue weighted by atomic mass is 10.0. The number of hydrogen-bond acceptors (Lipinski definition) is 2. The summed E-state index contributed by atoms with van der Waals surface area (Å²) in [6, 6.07) is 16.8. The van der Waals surface area contributed by atoms with Gasteiger partial charge in [-0.15, -0.1) is 0 Å². The fourth-order valence-corrected chi connectivity index (χ4v) is 2.63. The van der Waals surface area contributed by atoms with E-state index in [1.807, 2.05) is 62.4 Å². The normalized spacial score (nSPS) is 10.4. The molecule has 0 unspecified atom stereocenters. The number of aromatic amines is 1. The maximum Gasteiger partial charge on any atom is 0.261 e. The third kappa shape index (κ3) is 2.99. The van der Waals surface area contributed by atoms with E-state index in [1.54, 1.807) is 12.3 Å². The second-order valence-corrected chi connectivity index (χ2v) is 5.66. The van der Waals surface area contributed by atoms with Crippen LogP contribution in [0.2, 0.25) is 0 Å². The van der Waals surface area contributed by atoms with E-state index in [4.69, 9.17) is 0 Å². The predicted octanol–water partition coefficient (Wildman–Crippen LogP) is 3.91. The fraction of sp³-hybridized carbons (Fsp3) is 0.100. The molecule has 2 aromatic carbocycles. The Hall–Kier alpha value is -3.14. The van der Waals surface area contributed by atoms with Gasteiger partial charge in [-0.05, 0) is 42.7 Å². The van der Waals surface area contributed by atoms with Gasteiger partial charge in [-0.2, -0.15) is 0 Å². The van der Waals surface area contributed by atoms with Crippen LogP contribution in [0.25, 0.3) is 11.1 Å². The highest BCUT2D eigenvalue weighted by atomic mass is 16.2. The zero-order chi connectivity index (χ0) is 17.1. The molecule has 1 heterocycles. The first-order chi connectivity index (χ1) is 11.6. The van der Waals surface area contributed by atoms with E-state index < -0.39 is 11.5 Å². The average Bonchev–Trinajstić information content (AvgIpc) is 2.59. The highest BCUT2D eigenvalue weighted by molar-refractivity contribution is 6.08. The van der Waals surface area contributed by atoms with Crippen LogP contribution in [-0.4, -0.2) is 10.9 Å². The van der Waals surface area contributed by atoms with E-state index in [-0.39, 0.29) is 5.56 Å². The summed E-state index contributed by atoms with van der Waals surface area (Å²) in [6.07, 6.45) is 1.55. The van der Waals surface area contributed by atoms with Crippen molar-refractivity contribution in [2.75, 3.05) is 5.32 Å². The fourth-order valence-electron chi connectivity index (χ4n) is 2.63. The first-order valence-electron chi connectivity index (χ1n) is 7.72. The maximum absolute atomic E-state index is 12.8. The van der Waals surface area contributed by atoms with Gasteiger partial charge in [0.25, 0.3) is 11.5 Å². The minimum absolute atomic E-state index is 0.115. The highest BCUT2D eigenvalue weighted by Gasteiger charge is 2.18. The molecule has 4 heteroatoms. The highest BCUT2D eigenvalue weighted by Crippen LogP contribution is 2.23. The molecule has 0 spiro atoms. The molecule has 0 aliphatic carbocycles. The van der Waals surface area contributed by atoms with Gasteiger partial charge in [-0.25, -0.2) is 0 Å². The quantitative estimate of drug-likeness (QED) is 0.769. The lowest BCUT2D eigenvalue weighted by Crippen LogP contribution is -2.24. The molecule has 0 saturated carbocycles. The number of nitrogens with one attached hydrogen (secondary N) is 2. The number of rotatable bonds is 3. The van der Waals surface area contributed by atoms with Crippen molar-refractivity contribution >= 4 is 11.6 Å². The van der Waals surface area contributed by atoms with E-state index in [2.05, 4.69) is 10.3 Å². The van der Waals surface area contributed by atoms with Gasteiger partial charge in [0, 0.05) is 17.4 Å². The molecule has 3 aromatic rings. The van der Waals surface area contributed by atoms with E-state index in [0.29, 0.717) is 11.3 Å². The van der Waals surface area contributed by atoms with Gasteiger partial charge in [-0.3, -0.25) is 9.59 Å². The van der Waals surface area contributed by atoms with Crippen LogP contribution in [0.5, 0.6) is 0 Å². The van der Waals surface area contributed by atoms with Gasteiger partial charge in [0.2, 0.25) is 0 Å². The Kier molecular flexibility index (Phi) is 4.29. The first kappa shape index (κ1) is 15.7. The van der Waals surface area contributed by atoms with E-state index >= 15 is 0 Å². The minimum Gasteiger partial charge on any atom is -0.328 e. The number of amides is 1. The molecule has 0 atom stereocenters. The Morgan fingerprint density at radius 1 is 0.958 bits per heavy atom. The Balaban J connectivity index is 2.05. The second kappa shape index (κ2) is 6.54. The zero-order valence-electron chi connectivity index (χ0n) is 13.6. The van der Waals surface area contributed by atoms with Gasteiger partial charge >= 0.3 is 0 Å². The molecule has 4 nitrogen and oxygen atoms in total. The number of carbonyl (C=O) groups is 1. The van der Waals surface area contributed by atoms with Gasteiger partial charge in [0.05, 0.1) is 0 Å². The second-order valence-electron chi connectivity index (χ2n) is 5.66. The molecule has 0 aliphatic rings. The van der Waals surface area contributed by atoms with E-state index in [0.717, 1.165) is 16.7 Å². The molecule has 2 N–H and O–H groups in total. The van der Waals surface area contributed by atoms with E-state index in [1.165, 1.54) is 0 Å². The van der Waals surface area contributed by atoms with Crippen molar-refractivity contribution < 1.29 is 4.79 Å². The van der Waals surface area contributed by atoms with Gasteiger partial charge in [0.15, 0.2) is 0 Å². The molecule has 3 rings (SSSR count). The third-order valence-electron chi connectivity index (χ3n) is 4.13. The van der Waals surface area contributed by atoms with Crippen LogP contribution >= 0.6 is 0 Å². The summed E-state index contributed by atoms with van der Waals surface area (Å²) in [5, 5.41) is 2.86. The van der Waals surface area contributed by atoms with E-state index in [9.17, 15) is 9.59 Å². The van der Waals surface area contributed by atoms with Crippen LogP contribution in [0.3, 0.4) is 0 Å². The Bertz CT molecular complexity index is 943. The number of pyridine rings is 1. The summed E-state index contributed by atoms with van der Waals surface area (Å²) < 4.78 is 0. The largest absolute Gasteiger partial charge is 0.328 e. The maximum atomic E-state index is 12.8. The lowest BCUT2D eigenvalue weighted by molar-refractivity contribution is 0.102. The lowest BCUT2D eigenvalue weighted by Gasteiger charge is -2.12. The van der Waals surface area contributed by atoms with Crippen LogP contribution in [-0.2, 0) is 0 Å². The minimum atomic E-state index is -0.413. The molecule has 0 saturated heterocycles. The summed E-state index contributed by atoms with van der Waals surface area (Å²) in [5.41, 5.74) is 3.93. The number of aryl methyl sites for hydroxylation is 1. The van der Waals surface area contributed by atoms with Crippen molar-refractivity contribution in [3.8, 4) is 11.1 Å². The monoisotopic (exact) mass is 318 g/mol. The molecule has 120 valence electrons. The van der Waals surface area contributed by atoms with Crippen LogP contribution in [0, 0.1) is 13.8 Å². The molecule has 24 heavy (non-hydrogen) atoms. The summed E-state index contributed by atoms with van der Waals surface area (Å²) in [6.45, 7) is 3.92. The first-order valence-corrected chi connectivity index (χ1v) is 7.72. The molecule has 1 aromatic heterocycles. The number of aromatic nitrogens is 1. The van der Waals surface area contributed by atoms with Crippen molar-refractivity contribution in [1.29, 1.82) is 0 Å². The van der Waals surface area contributed by atoms with Crippen LogP contribution in [0.15, 0.2) is 65.6 Å². The Morgan fingerprint density at radius 2 is 1.71 bits per heavy atom. The molecule has 0 aliphatic heterocycles. The Labute approximate surface area is 140 Å². The molecule has 0 bridgehead atoms. The van der Waals surface area contributed by atoms with Crippen molar-refractivity contribution in [2.45, 2.75) is 13.8 Å². The standard InChI is InChI=1S/C20H18N2O2/c1-13-7-6-10-17(14(13)2)22-20(24)18-16(11-12-21-19(18)23)15-8-4-3-5-9-15/h3-12H,1-2H3,(H,21,23)(H,22,24). The van der Waals surface area contributed by atoms with Crippen LogP contribution < -0.4 is 10.9 Å². The van der Waals surface area contributed by atoms with Gasteiger partial charge in [-0.1, -0.05) is 42.5 Å². The molecule has 1 amide bonds. The van der Waals surface area contributed by atoms with Crippen molar-refractivity contribution in [2.24, 2.45) is 0 Å². The van der Waals surface area contributed by atoms with Gasteiger partial charge < -0.3 is 10.3 Å². The molecular weight excluding hydrogens is 300 g/mol. The summed E-state index contributed by atoms with van der Waals surface area (Å²) in [5.74, 6) is -0.413. The van der Waals surface area contributed by atoms with Crippen molar-refractivity contribution in [3.63, 3.8) is 0 Å². The summed E-state index contributed by atoms with van der Waals surface area (Å²) in [7, 11) is 0. The molecular formula is C20H18N2O2. The van der Waals surface area contributed by atoms with Gasteiger partial charge in [0.1, 0.15) is 5.56 Å². The van der Waals surface area contributed by atoms with Crippen molar-refractivity contribution in [1.82, 2.24) is 4.98 Å². The number of benzene rings is 2. The molecule has 0 radical (unpaired) electrons. The average molecular weight is 318 g/mol. The number of carbonyl (C=O) groups excluding carboxylic acids is 1. The SMILES string of the molecule is Cc1cccc(NC(=O)c2c(-c3ccccc3)cc[nH]c2=O)c1C. The number of hydrogen-bond donors (Lipinski definition) is 2. The van der Waals surface area contributed by atoms with Crippen LogP contribution in [0.4, 0.5) is 5.69 Å². The summed E-state index contributed by atoms with van der Waals surface area (Å²) >= 11 is 0. The predicted molar refractivity (Wildman–Crippen MR) is 96.4 cm³/mol. The van der Waals surface area contributed by atoms with Crippen molar-refractivity contribution in [3.05, 3.63) is 87.8 Å². The zero-order valence-corrected chi connectivity index (χ0v) is 13.6. The Morgan fingerprint density at radius 3 is 2.46 bits per heavy atom. The summed E-state index contributed by atoms with van der Waals surface area (Å²) in [4.78, 5) is 27.6. The topological polar surface area (TPSA) is 62.0 Å². The molecule has 0 fully saturated rings. The number of anilines is 1. The third-order valence-corrected chi connectivity index (χ3v) is 4.13.